The van der Waals surface area contributed by atoms with Gasteiger partial charge in [-0.1, -0.05) is 6.07 Å². The average molecular weight is 295 g/mol. The van der Waals surface area contributed by atoms with Gasteiger partial charge in [-0.3, -0.25) is 9.38 Å². The molecule has 0 spiro atoms. The molecule has 0 atom stereocenters. The summed E-state index contributed by atoms with van der Waals surface area (Å²) >= 11 is 0. The molecule has 21 heavy (non-hydrogen) atoms. The van der Waals surface area contributed by atoms with Crippen LogP contribution in [0.3, 0.4) is 0 Å². The summed E-state index contributed by atoms with van der Waals surface area (Å²) in [6.07, 6.45) is 12.1. The molecule has 0 unspecified atom stereocenters. The second-order valence-corrected chi connectivity index (χ2v) is 9.42. The highest BCUT2D eigenvalue weighted by molar-refractivity contribution is 8.35. The maximum absolute atomic E-state index is 4.73. The molecule has 0 saturated heterocycles. The van der Waals surface area contributed by atoms with Crippen molar-refractivity contribution in [3.05, 3.63) is 54.6 Å². The minimum Gasteiger partial charge on any atom is -0.292 e. The van der Waals surface area contributed by atoms with Gasteiger partial charge >= 0.3 is 0 Å². The van der Waals surface area contributed by atoms with Crippen molar-refractivity contribution in [2.45, 2.75) is 0 Å². The minimum absolute atomic E-state index is 0.882. The van der Waals surface area contributed by atoms with E-state index in [1.165, 1.54) is 0 Å². The predicted octanol–water partition coefficient (Wildman–Crippen LogP) is 3.40. The van der Waals surface area contributed by atoms with Gasteiger partial charge in [-0.25, -0.2) is 4.98 Å². The first kappa shape index (κ1) is 13.7. The van der Waals surface area contributed by atoms with Gasteiger partial charge in [0.1, 0.15) is 17.0 Å². The molecule has 0 aliphatic heterocycles. The Morgan fingerprint density at radius 2 is 1.81 bits per heavy atom. The second kappa shape index (κ2) is 5.27. The highest BCUT2D eigenvalue weighted by atomic mass is 32.3. The van der Waals surface area contributed by atoms with Crippen molar-refractivity contribution in [3.8, 4) is 22.4 Å². The second-order valence-electron chi connectivity index (χ2n) is 5.54. The van der Waals surface area contributed by atoms with Gasteiger partial charge in [-0.15, -0.1) is 0 Å². The van der Waals surface area contributed by atoms with Crippen molar-refractivity contribution in [3.63, 3.8) is 0 Å². The Balaban J connectivity index is 2.26. The first-order valence-electron chi connectivity index (χ1n) is 6.63. The van der Waals surface area contributed by atoms with E-state index in [0.717, 1.165) is 22.6 Å². The SMILES string of the molecule is CS(C)(C)C#Cc1c(-c2ccncc2)nc2ccccn12. The molecular formula is C17H17N3S. The summed E-state index contributed by atoms with van der Waals surface area (Å²) < 4.78 is 2.05. The molecule has 0 bridgehead atoms. The molecular weight excluding hydrogens is 278 g/mol. The maximum Gasteiger partial charge on any atom is 0.138 e. The lowest BCUT2D eigenvalue weighted by Crippen LogP contribution is -1.91. The van der Waals surface area contributed by atoms with Crippen LogP contribution in [0.4, 0.5) is 0 Å². The molecule has 4 heteroatoms. The topological polar surface area (TPSA) is 30.2 Å². The molecule has 3 rings (SSSR count). The monoisotopic (exact) mass is 295 g/mol. The molecule has 3 aromatic heterocycles. The molecule has 0 fully saturated rings. The quantitative estimate of drug-likeness (QED) is 0.644. The van der Waals surface area contributed by atoms with Crippen LogP contribution in [0.25, 0.3) is 16.9 Å². The largest absolute Gasteiger partial charge is 0.292 e. The highest BCUT2D eigenvalue weighted by Gasteiger charge is 2.12. The van der Waals surface area contributed by atoms with Crippen molar-refractivity contribution in [1.82, 2.24) is 14.4 Å². The number of hydrogen-bond donors (Lipinski definition) is 0. The van der Waals surface area contributed by atoms with Crippen LogP contribution < -0.4 is 0 Å². The lowest BCUT2D eigenvalue weighted by Gasteiger charge is -2.14. The Morgan fingerprint density at radius 3 is 2.52 bits per heavy atom. The number of rotatable bonds is 1. The Bertz CT molecular complexity index is 833. The van der Waals surface area contributed by atoms with Gasteiger partial charge < -0.3 is 0 Å². The highest BCUT2D eigenvalue weighted by Crippen LogP contribution is 2.33. The number of pyridine rings is 2. The van der Waals surface area contributed by atoms with E-state index in [4.69, 9.17) is 4.98 Å². The summed E-state index contributed by atoms with van der Waals surface area (Å²) in [7, 11) is -0.882. The molecule has 0 aromatic carbocycles. The molecule has 0 radical (unpaired) electrons. The molecule has 3 nitrogen and oxygen atoms in total. The number of aromatic nitrogens is 3. The third kappa shape index (κ3) is 2.93. The van der Waals surface area contributed by atoms with Crippen LogP contribution >= 0.6 is 10.0 Å². The van der Waals surface area contributed by atoms with Gasteiger partial charge in [0, 0.05) is 24.2 Å². The smallest absolute Gasteiger partial charge is 0.138 e. The van der Waals surface area contributed by atoms with Gasteiger partial charge in [0.2, 0.25) is 0 Å². The van der Waals surface area contributed by atoms with Crippen LogP contribution in [0.5, 0.6) is 0 Å². The predicted molar refractivity (Wildman–Crippen MR) is 90.7 cm³/mol. The van der Waals surface area contributed by atoms with Crippen LogP contribution in [0, 0.1) is 11.2 Å². The van der Waals surface area contributed by atoms with Gasteiger partial charge in [-0.2, -0.15) is 10.0 Å². The minimum atomic E-state index is -0.882. The van der Waals surface area contributed by atoms with Crippen molar-refractivity contribution >= 4 is 15.7 Å². The molecule has 106 valence electrons. The van der Waals surface area contributed by atoms with Crippen molar-refractivity contribution in [2.24, 2.45) is 0 Å². The van der Waals surface area contributed by atoms with Crippen LogP contribution in [0.1, 0.15) is 5.69 Å². The van der Waals surface area contributed by atoms with Crippen LogP contribution in [0.2, 0.25) is 0 Å². The van der Waals surface area contributed by atoms with Crippen molar-refractivity contribution in [1.29, 1.82) is 0 Å². The van der Waals surface area contributed by atoms with Gasteiger partial charge in [0.15, 0.2) is 0 Å². The Kier molecular flexibility index (Phi) is 3.44. The molecule has 0 saturated carbocycles. The Labute approximate surface area is 126 Å². The van der Waals surface area contributed by atoms with E-state index in [0.29, 0.717) is 0 Å². The van der Waals surface area contributed by atoms with Crippen LogP contribution in [-0.4, -0.2) is 33.1 Å². The van der Waals surface area contributed by atoms with E-state index in [1.54, 1.807) is 12.4 Å². The zero-order chi connectivity index (χ0) is 14.9. The lowest BCUT2D eigenvalue weighted by atomic mass is 10.1. The van der Waals surface area contributed by atoms with Gasteiger partial charge in [0.05, 0.1) is 0 Å². The zero-order valence-corrected chi connectivity index (χ0v) is 13.2. The van der Waals surface area contributed by atoms with E-state index in [-0.39, 0.29) is 0 Å². The summed E-state index contributed by atoms with van der Waals surface area (Å²) in [5, 5.41) is 3.38. The summed E-state index contributed by atoms with van der Waals surface area (Å²) in [5.74, 6) is 3.34. The van der Waals surface area contributed by atoms with Crippen LogP contribution in [0.15, 0.2) is 48.9 Å². The molecule has 3 aromatic rings. The van der Waals surface area contributed by atoms with E-state index < -0.39 is 10.0 Å². The fraction of sp³-hybridized carbons (Fsp3) is 0.176. The summed E-state index contributed by atoms with van der Waals surface area (Å²) in [6.45, 7) is 0. The zero-order valence-electron chi connectivity index (χ0n) is 12.4. The molecule has 0 amide bonds. The van der Waals surface area contributed by atoms with E-state index >= 15 is 0 Å². The summed E-state index contributed by atoms with van der Waals surface area (Å²) in [4.78, 5) is 8.80. The lowest BCUT2D eigenvalue weighted by molar-refractivity contribution is 1.16. The number of fused-ring (bicyclic) bond motifs is 1. The van der Waals surface area contributed by atoms with Crippen molar-refractivity contribution < 1.29 is 0 Å². The molecule has 0 aliphatic rings. The first-order valence-corrected chi connectivity index (χ1v) is 9.49. The number of imidazole rings is 1. The van der Waals surface area contributed by atoms with E-state index in [1.807, 2.05) is 40.9 Å². The van der Waals surface area contributed by atoms with E-state index in [9.17, 15) is 0 Å². The third-order valence-corrected chi connectivity index (χ3v) is 3.67. The van der Waals surface area contributed by atoms with Gasteiger partial charge in [0.25, 0.3) is 0 Å². The maximum atomic E-state index is 4.73. The third-order valence-electron chi connectivity index (χ3n) is 2.96. The van der Waals surface area contributed by atoms with Crippen molar-refractivity contribution in [2.75, 3.05) is 18.8 Å². The normalized spacial score (nSPS) is 12.0. The molecule has 3 heterocycles. The fourth-order valence-corrected chi connectivity index (χ4v) is 2.43. The molecule has 0 aliphatic carbocycles. The molecule has 0 N–H and O–H groups in total. The van der Waals surface area contributed by atoms with Gasteiger partial charge in [-0.05, 0) is 54.2 Å². The summed E-state index contributed by atoms with van der Waals surface area (Å²) in [5.41, 5.74) is 3.82. The Hall–Kier alpha value is -2.25. The van der Waals surface area contributed by atoms with Crippen LogP contribution in [-0.2, 0) is 0 Å². The summed E-state index contributed by atoms with van der Waals surface area (Å²) in [6, 6.07) is 9.93. The first-order chi connectivity index (χ1) is 10.0. The van der Waals surface area contributed by atoms with E-state index in [2.05, 4.69) is 34.9 Å². The number of nitrogens with zero attached hydrogens (tertiary/aromatic N) is 3. The fourth-order valence-electron chi connectivity index (χ4n) is 2.03. The number of hydrogen-bond acceptors (Lipinski definition) is 2. The standard InChI is InChI=1S/C17H17N3S/c1-21(2,3)13-9-15-17(14-7-10-18-11-8-14)19-16-6-4-5-12-20(15)16/h4-8,10-12H,1-3H3. The Morgan fingerprint density at radius 1 is 1.05 bits per heavy atom. The average Bonchev–Trinajstić information content (AvgIpc) is 2.84.